The molecule has 0 saturated carbocycles. The van der Waals surface area contributed by atoms with E-state index in [-0.39, 0.29) is 17.0 Å². The first kappa shape index (κ1) is 12.9. The number of hydrogen-bond donors (Lipinski definition) is 1. The normalized spacial score (nSPS) is 10.4. The first-order valence-corrected chi connectivity index (χ1v) is 5.89. The highest BCUT2D eigenvalue weighted by Gasteiger charge is 2.19. The van der Waals surface area contributed by atoms with Crippen LogP contribution in [0.4, 0.5) is 5.69 Å². The van der Waals surface area contributed by atoms with Gasteiger partial charge in [-0.1, -0.05) is 6.07 Å². The number of pyridine rings is 1. The summed E-state index contributed by atoms with van der Waals surface area (Å²) in [6.07, 6.45) is 1.60. The predicted octanol–water partition coefficient (Wildman–Crippen LogP) is 1.11. The monoisotopic (exact) mass is 258 g/mol. The van der Waals surface area contributed by atoms with Crippen LogP contribution in [0.25, 0.3) is 11.4 Å². The number of carbonyl (C=O) groups is 1. The molecule has 2 aromatic rings. The van der Waals surface area contributed by atoms with Gasteiger partial charge in [-0.05, 0) is 26.0 Å². The zero-order chi connectivity index (χ0) is 14.0. The number of nitrogens with two attached hydrogens (primary N) is 1. The van der Waals surface area contributed by atoms with E-state index in [0.29, 0.717) is 17.9 Å². The van der Waals surface area contributed by atoms with Crippen molar-refractivity contribution in [3.05, 3.63) is 40.3 Å². The van der Waals surface area contributed by atoms with Gasteiger partial charge in [0.2, 0.25) is 0 Å². The van der Waals surface area contributed by atoms with Gasteiger partial charge >= 0.3 is 0 Å². The van der Waals surface area contributed by atoms with E-state index in [1.165, 1.54) is 11.6 Å². The average Bonchev–Trinajstić information content (AvgIpc) is 2.42. The minimum absolute atomic E-state index is 0.0787. The van der Waals surface area contributed by atoms with Gasteiger partial charge < -0.3 is 5.73 Å². The maximum absolute atomic E-state index is 11.9. The van der Waals surface area contributed by atoms with Crippen LogP contribution in [0, 0.1) is 0 Å². The third-order valence-electron chi connectivity index (χ3n) is 2.75. The highest BCUT2D eigenvalue weighted by molar-refractivity contribution is 6.03. The van der Waals surface area contributed by atoms with Crippen LogP contribution in [0.2, 0.25) is 0 Å². The molecule has 2 rings (SSSR count). The number of Topliss-reactive ketones (excluding diaryl/α,β-unsaturated/α-hetero) is 1. The van der Waals surface area contributed by atoms with E-state index in [2.05, 4.69) is 10.1 Å². The Hall–Kier alpha value is -2.50. The molecule has 0 saturated heterocycles. The van der Waals surface area contributed by atoms with E-state index in [4.69, 9.17) is 5.73 Å². The number of ketones is 1. The molecule has 0 aliphatic heterocycles. The number of nitrogen functional groups attached to an aromatic ring is 1. The number of carbonyl (C=O) groups excluding carboxylic acids is 1. The zero-order valence-corrected chi connectivity index (χ0v) is 10.8. The van der Waals surface area contributed by atoms with Crippen LogP contribution in [0.5, 0.6) is 0 Å². The smallest absolute Gasteiger partial charge is 0.290 e. The Bertz CT molecular complexity index is 677. The van der Waals surface area contributed by atoms with Gasteiger partial charge in [0.05, 0.1) is 11.3 Å². The van der Waals surface area contributed by atoms with Crippen molar-refractivity contribution >= 4 is 11.5 Å². The summed E-state index contributed by atoms with van der Waals surface area (Å²) in [4.78, 5) is 27.8. The number of anilines is 1. The first-order valence-electron chi connectivity index (χ1n) is 5.89. The molecule has 2 heterocycles. The van der Waals surface area contributed by atoms with Crippen molar-refractivity contribution in [2.45, 2.75) is 20.4 Å². The largest absolute Gasteiger partial charge is 0.394 e. The molecule has 0 atom stereocenters. The van der Waals surface area contributed by atoms with Crippen LogP contribution in [0.1, 0.15) is 24.2 Å². The molecule has 0 aromatic carbocycles. The second kappa shape index (κ2) is 5.01. The Kier molecular flexibility index (Phi) is 3.41. The van der Waals surface area contributed by atoms with Crippen LogP contribution in [-0.4, -0.2) is 20.5 Å². The van der Waals surface area contributed by atoms with Gasteiger partial charge in [0.15, 0.2) is 5.78 Å². The molecule has 2 N–H and O–H groups in total. The van der Waals surface area contributed by atoms with E-state index in [0.717, 1.165) is 0 Å². The molecule has 6 heteroatoms. The van der Waals surface area contributed by atoms with Crippen molar-refractivity contribution < 1.29 is 4.79 Å². The fourth-order valence-electron chi connectivity index (χ4n) is 1.84. The van der Waals surface area contributed by atoms with Crippen LogP contribution < -0.4 is 11.3 Å². The molecule has 0 bridgehead atoms. The Morgan fingerprint density at radius 3 is 2.68 bits per heavy atom. The van der Waals surface area contributed by atoms with Gasteiger partial charge in [-0.25, -0.2) is 4.68 Å². The van der Waals surface area contributed by atoms with Crippen molar-refractivity contribution in [3.63, 3.8) is 0 Å². The summed E-state index contributed by atoms with van der Waals surface area (Å²) in [5.41, 5.74) is 6.23. The lowest BCUT2D eigenvalue weighted by Gasteiger charge is -2.11. The maximum Gasteiger partial charge on any atom is 0.290 e. The predicted molar refractivity (Wildman–Crippen MR) is 71.8 cm³/mol. The summed E-state index contributed by atoms with van der Waals surface area (Å²) < 4.78 is 1.23. The Balaban J connectivity index is 2.82. The lowest BCUT2D eigenvalue weighted by Crippen LogP contribution is -2.28. The summed E-state index contributed by atoms with van der Waals surface area (Å²) in [6.45, 7) is 3.51. The van der Waals surface area contributed by atoms with Crippen molar-refractivity contribution in [1.29, 1.82) is 0 Å². The lowest BCUT2D eigenvalue weighted by atomic mass is 10.1. The zero-order valence-electron chi connectivity index (χ0n) is 10.8. The molecule has 0 radical (unpaired) electrons. The van der Waals surface area contributed by atoms with E-state index >= 15 is 0 Å². The minimum Gasteiger partial charge on any atom is -0.394 e. The van der Waals surface area contributed by atoms with E-state index in [1.54, 1.807) is 31.3 Å². The average molecular weight is 258 g/mol. The summed E-state index contributed by atoms with van der Waals surface area (Å²) in [6, 6.07) is 5.26. The molecular weight excluding hydrogens is 244 g/mol. The SMILES string of the molecule is CCn1nc(-c2ccccn2)c(C(C)=O)c(N)c1=O. The number of nitrogens with zero attached hydrogens (tertiary/aromatic N) is 3. The van der Waals surface area contributed by atoms with Gasteiger partial charge in [-0.2, -0.15) is 5.10 Å². The van der Waals surface area contributed by atoms with E-state index in [1.807, 2.05) is 0 Å². The van der Waals surface area contributed by atoms with Gasteiger partial charge in [0, 0.05) is 12.7 Å². The quantitative estimate of drug-likeness (QED) is 0.833. The summed E-state index contributed by atoms with van der Waals surface area (Å²) in [7, 11) is 0. The highest BCUT2D eigenvalue weighted by atomic mass is 16.1. The van der Waals surface area contributed by atoms with Crippen LogP contribution >= 0.6 is 0 Å². The van der Waals surface area contributed by atoms with E-state index < -0.39 is 5.56 Å². The fraction of sp³-hybridized carbons (Fsp3) is 0.231. The summed E-state index contributed by atoms with van der Waals surface area (Å²) in [5, 5.41) is 4.18. The molecule has 0 unspecified atom stereocenters. The first-order chi connectivity index (χ1) is 9.06. The number of aromatic nitrogens is 3. The second-order valence-electron chi connectivity index (χ2n) is 4.03. The summed E-state index contributed by atoms with van der Waals surface area (Å²) in [5.74, 6) is -0.300. The van der Waals surface area contributed by atoms with Gasteiger partial charge in [0.1, 0.15) is 11.4 Å². The Labute approximate surface area is 109 Å². The van der Waals surface area contributed by atoms with Gasteiger partial charge in [-0.3, -0.25) is 14.6 Å². The molecule has 98 valence electrons. The highest BCUT2D eigenvalue weighted by Crippen LogP contribution is 2.21. The standard InChI is InChI=1S/C13H14N4O2/c1-3-17-13(19)11(14)10(8(2)18)12(16-17)9-6-4-5-7-15-9/h4-7H,3,14H2,1-2H3. The van der Waals surface area contributed by atoms with Crippen LogP contribution in [0.15, 0.2) is 29.2 Å². The number of rotatable bonds is 3. The van der Waals surface area contributed by atoms with Crippen molar-refractivity contribution in [1.82, 2.24) is 14.8 Å². The molecule has 0 amide bonds. The van der Waals surface area contributed by atoms with Gasteiger partial charge in [-0.15, -0.1) is 0 Å². The van der Waals surface area contributed by atoms with Crippen LogP contribution in [0.3, 0.4) is 0 Å². The fourth-order valence-corrected chi connectivity index (χ4v) is 1.84. The second-order valence-corrected chi connectivity index (χ2v) is 4.03. The summed E-state index contributed by atoms with van der Waals surface area (Å²) >= 11 is 0. The van der Waals surface area contributed by atoms with Crippen molar-refractivity contribution in [2.75, 3.05) is 5.73 Å². The Morgan fingerprint density at radius 1 is 1.42 bits per heavy atom. The molecule has 2 aromatic heterocycles. The van der Waals surface area contributed by atoms with Crippen molar-refractivity contribution in [3.8, 4) is 11.4 Å². The molecule has 19 heavy (non-hydrogen) atoms. The molecule has 0 aliphatic rings. The molecular formula is C13H14N4O2. The van der Waals surface area contributed by atoms with Crippen LogP contribution in [-0.2, 0) is 6.54 Å². The minimum atomic E-state index is -0.451. The van der Waals surface area contributed by atoms with Crippen molar-refractivity contribution in [2.24, 2.45) is 0 Å². The molecule has 0 spiro atoms. The topological polar surface area (TPSA) is 90.9 Å². The Morgan fingerprint density at radius 2 is 2.16 bits per heavy atom. The third kappa shape index (κ3) is 2.24. The number of hydrogen-bond acceptors (Lipinski definition) is 5. The molecule has 0 aliphatic carbocycles. The molecule has 6 nitrogen and oxygen atoms in total. The lowest BCUT2D eigenvalue weighted by molar-refractivity contribution is 0.101. The van der Waals surface area contributed by atoms with Gasteiger partial charge in [0.25, 0.3) is 5.56 Å². The maximum atomic E-state index is 11.9. The number of aryl methyl sites for hydroxylation is 1. The molecule has 0 fully saturated rings. The third-order valence-corrected chi connectivity index (χ3v) is 2.75. The van der Waals surface area contributed by atoms with E-state index in [9.17, 15) is 9.59 Å².